The van der Waals surface area contributed by atoms with E-state index in [1.807, 2.05) is 32.0 Å². The van der Waals surface area contributed by atoms with Crippen LogP contribution in [0.25, 0.3) is 0 Å². The third-order valence-electron chi connectivity index (χ3n) is 5.79. The highest BCUT2D eigenvalue weighted by atomic mass is 32.2. The number of rotatable bonds is 17. The summed E-state index contributed by atoms with van der Waals surface area (Å²) in [6.45, 7) is 13.5. The molecular formula is C26H46NO3S. The third-order valence-corrected chi connectivity index (χ3v) is 7.21. The largest absolute Gasteiger partial charge is 0.492 e. The van der Waals surface area contributed by atoms with Crippen molar-refractivity contribution >= 4 is 10.0 Å². The van der Waals surface area contributed by atoms with Crippen molar-refractivity contribution < 1.29 is 13.2 Å². The molecule has 4 nitrogen and oxygen atoms in total. The van der Waals surface area contributed by atoms with E-state index in [1.54, 1.807) is 0 Å². The fourth-order valence-corrected chi connectivity index (χ4v) is 4.91. The Morgan fingerprint density at radius 3 is 2.19 bits per heavy atom. The smallest absolute Gasteiger partial charge is 0.244 e. The Bertz CT molecular complexity index is 726. The Labute approximate surface area is 192 Å². The zero-order chi connectivity index (χ0) is 23.3. The second-order valence-corrected chi connectivity index (χ2v) is 11.4. The minimum atomic E-state index is -3.64. The number of ether oxygens (including phenoxy) is 1. The Morgan fingerprint density at radius 1 is 0.935 bits per heavy atom. The highest BCUT2D eigenvalue weighted by Crippen LogP contribution is 2.34. The number of sulfonamides is 1. The summed E-state index contributed by atoms with van der Waals surface area (Å²) in [6.07, 6.45) is 11.6. The second-order valence-electron chi connectivity index (χ2n) is 9.65. The van der Waals surface area contributed by atoms with Crippen LogP contribution in [0.15, 0.2) is 23.1 Å². The van der Waals surface area contributed by atoms with Crippen LogP contribution in [0.3, 0.4) is 0 Å². The second kappa shape index (κ2) is 14.2. The molecule has 31 heavy (non-hydrogen) atoms. The maximum Gasteiger partial charge on any atom is 0.244 e. The first-order chi connectivity index (χ1) is 14.6. The Morgan fingerprint density at radius 2 is 1.55 bits per heavy atom. The molecule has 1 aromatic rings. The van der Waals surface area contributed by atoms with Gasteiger partial charge in [-0.3, -0.25) is 0 Å². The van der Waals surface area contributed by atoms with Gasteiger partial charge in [0.25, 0.3) is 0 Å². The zero-order valence-corrected chi connectivity index (χ0v) is 21.7. The van der Waals surface area contributed by atoms with Crippen LogP contribution in [0.1, 0.15) is 111 Å². The van der Waals surface area contributed by atoms with Gasteiger partial charge in [0, 0.05) is 6.54 Å². The molecule has 0 heterocycles. The van der Waals surface area contributed by atoms with Crippen LogP contribution in [-0.2, 0) is 15.4 Å². The summed E-state index contributed by atoms with van der Waals surface area (Å²) in [7, 11) is -3.64. The molecule has 0 aromatic heterocycles. The molecule has 1 radical (unpaired) electrons. The van der Waals surface area contributed by atoms with Crippen molar-refractivity contribution in [2.75, 3.05) is 13.2 Å². The summed E-state index contributed by atoms with van der Waals surface area (Å²) in [5.74, 6) is 1.48. The van der Waals surface area contributed by atoms with Crippen molar-refractivity contribution in [2.45, 2.75) is 116 Å². The number of unbranched alkanes of at least 4 members (excludes halogenated alkanes) is 7. The van der Waals surface area contributed by atoms with Crippen LogP contribution >= 0.6 is 0 Å². The fraction of sp³-hybridized carbons (Fsp3) is 0.731. The topological polar surface area (TPSA) is 55.4 Å². The molecule has 0 amide bonds. The fourth-order valence-electron chi connectivity index (χ4n) is 3.60. The van der Waals surface area contributed by atoms with Crippen molar-refractivity contribution in [1.82, 2.24) is 4.72 Å². The summed E-state index contributed by atoms with van der Waals surface area (Å²) < 4.78 is 34.9. The van der Waals surface area contributed by atoms with Gasteiger partial charge >= 0.3 is 0 Å². The van der Waals surface area contributed by atoms with Crippen LogP contribution in [-0.4, -0.2) is 21.6 Å². The van der Waals surface area contributed by atoms with Crippen molar-refractivity contribution in [2.24, 2.45) is 0 Å². The first kappa shape index (κ1) is 28.0. The molecule has 0 bridgehead atoms. The highest BCUT2D eigenvalue weighted by Gasteiger charge is 2.26. The van der Waals surface area contributed by atoms with Gasteiger partial charge in [-0.15, -0.1) is 0 Å². The summed E-state index contributed by atoms with van der Waals surface area (Å²) >= 11 is 0. The van der Waals surface area contributed by atoms with Crippen LogP contribution in [0.4, 0.5) is 0 Å². The van der Waals surface area contributed by atoms with Gasteiger partial charge < -0.3 is 4.74 Å². The van der Waals surface area contributed by atoms with E-state index >= 15 is 0 Å². The molecule has 0 fully saturated rings. The molecule has 1 aromatic carbocycles. The standard InChI is InChI=1S/C26H46NO3S/c1-7-9-11-12-13-15-19-30-24-17-16-23(26(5,6)18-14-10-8-2)20-25(24)31(28,29)27-21-22(3)4/h16-17,20,27H,7-15,18-19,21H2,1-6H3. The summed E-state index contributed by atoms with van der Waals surface area (Å²) in [5, 5.41) is 0. The molecule has 1 N–H and O–H groups in total. The average Bonchev–Trinajstić information content (AvgIpc) is 2.71. The monoisotopic (exact) mass is 452 g/mol. The number of benzene rings is 1. The molecular weight excluding hydrogens is 406 g/mol. The first-order valence-corrected chi connectivity index (χ1v) is 13.7. The Balaban J connectivity index is 2.99. The van der Waals surface area contributed by atoms with Gasteiger partial charge in [-0.1, -0.05) is 99.0 Å². The van der Waals surface area contributed by atoms with Crippen molar-refractivity contribution in [3.8, 4) is 5.75 Å². The molecule has 0 saturated carbocycles. The molecule has 0 saturated heterocycles. The van der Waals surface area contributed by atoms with Gasteiger partial charge in [0.15, 0.2) is 0 Å². The minimum Gasteiger partial charge on any atom is -0.492 e. The molecule has 0 aliphatic carbocycles. The normalized spacial score (nSPS) is 12.5. The van der Waals surface area contributed by atoms with Crippen molar-refractivity contribution in [3.05, 3.63) is 29.7 Å². The Kier molecular flexibility index (Phi) is 12.8. The molecule has 0 spiro atoms. The molecule has 5 heteroatoms. The lowest BCUT2D eigenvalue weighted by atomic mass is 9.80. The predicted molar refractivity (Wildman–Crippen MR) is 132 cm³/mol. The lowest BCUT2D eigenvalue weighted by molar-refractivity contribution is 0.296. The van der Waals surface area contributed by atoms with E-state index in [1.165, 1.54) is 38.5 Å². The lowest BCUT2D eigenvalue weighted by Crippen LogP contribution is -2.28. The summed E-state index contributed by atoms with van der Waals surface area (Å²) in [4.78, 5) is 0.265. The van der Waals surface area contributed by atoms with Crippen LogP contribution < -0.4 is 9.46 Å². The molecule has 0 aliphatic rings. The molecule has 1 rings (SSSR count). The average molecular weight is 453 g/mol. The van der Waals surface area contributed by atoms with E-state index in [0.29, 0.717) is 18.9 Å². The molecule has 0 atom stereocenters. The molecule has 0 aliphatic heterocycles. The van der Waals surface area contributed by atoms with Gasteiger partial charge in [0.1, 0.15) is 10.6 Å². The van der Waals surface area contributed by atoms with Crippen LogP contribution in [0.5, 0.6) is 5.75 Å². The minimum absolute atomic E-state index is 0.0793. The van der Waals surface area contributed by atoms with Gasteiger partial charge in [-0.25, -0.2) is 13.1 Å². The van der Waals surface area contributed by atoms with Gasteiger partial charge in [-0.2, -0.15) is 0 Å². The van der Waals surface area contributed by atoms with Crippen molar-refractivity contribution in [1.29, 1.82) is 0 Å². The summed E-state index contributed by atoms with van der Waals surface area (Å²) in [6, 6.07) is 5.72. The van der Waals surface area contributed by atoms with E-state index in [2.05, 4.69) is 32.4 Å². The molecule has 0 unspecified atom stereocenters. The van der Waals surface area contributed by atoms with E-state index in [4.69, 9.17) is 4.74 Å². The van der Waals surface area contributed by atoms with Crippen LogP contribution in [0.2, 0.25) is 0 Å². The first-order valence-electron chi connectivity index (χ1n) is 12.2. The van der Waals surface area contributed by atoms with E-state index < -0.39 is 10.0 Å². The lowest BCUT2D eigenvalue weighted by Gasteiger charge is -2.26. The van der Waals surface area contributed by atoms with Crippen LogP contribution in [0, 0.1) is 5.92 Å². The quantitative estimate of drug-likeness (QED) is 0.255. The zero-order valence-electron chi connectivity index (χ0n) is 20.9. The van der Waals surface area contributed by atoms with E-state index in [0.717, 1.165) is 37.2 Å². The predicted octanol–water partition coefficient (Wildman–Crippen LogP) is 7.18. The molecule has 179 valence electrons. The maximum absolute atomic E-state index is 13.1. The highest BCUT2D eigenvalue weighted by molar-refractivity contribution is 7.89. The van der Waals surface area contributed by atoms with Gasteiger partial charge in [-0.05, 0) is 41.9 Å². The number of hydrogen-bond donors (Lipinski definition) is 1. The third kappa shape index (κ3) is 10.4. The van der Waals surface area contributed by atoms with E-state index in [9.17, 15) is 8.42 Å². The van der Waals surface area contributed by atoms with Crippen molar-refractivity contribution in [3.63, 3.8) is 0 Å². The van der Waals surface area contributed by atoms with E-state index in [-0.39, 0.29) is 10.3 Å². The van der Waals surface area contributed by atoms with Gasteiger partial charge in [0.05, 0.1) is 6.61 Å². The Hall–Kier alpha value is -1.07. The van der Waals surface area contributed by atoms with Gasteiger partial charge in [0.2, 0.25) is 10.0 Å². The number of nitrogens with one attached hydrogen (secondary N) is 1. The maximum atomic E-state index is 13.1. The SMILES string of the molecule is CCCCCCCCOc1ccc(C(C)(C)CCCCC)cc1S(=O)(=O)NC[C](C)C. The number of hydrogen-bond acceptors (Lipinski definition) is 3. The summed E-state index contributed by atoms with van der Waals surface area (Å²) in [5.41, 5.74) is 0.970.